The minimum absolute atomic E-state index is 0.0758. The predicted octanol–water partition coefficient (Wildman–Crippen LogP) is 2.00. The van der Waals surface area contributed by atoms with Crippen LogP contribution in [-0.4, -0.2) is 17.9 Å². The maximum absolute atomic E-state index is 12.0. The van der Waals surface area contributed by atoms with Gasteiger partial charge in [0.1, 0.15) is 5.82 Å². The quantitative estimate of drug-likeness (QED) is 0.863. The Labute approximate surface area is 97.3 Å². The first kappa shape index (κ1) is 10.6. The van der Waals surface area contributed by atoms with E-state index in [-0.39, 0.29) is 5.91 Å². The second kappa shape index (κ2) is 4.32. The van der Waals surface area contributed by atoms with Crippen LogP contribution in [0.5, 0.6) is 0 Å². The van der Waals surface area contributed by atoms with E-state index in [1.807, 2.05) is 11.4 Å². The number of rotatable bonds is 2. The van der Waals surface area contributed by atoms with E-state index in [0.717, 1.165) is 0 Å². The van der Waals surface area contributed by atoms with E-state index in [4.69, 9.17) is 5.73 Å². The minimum Gasteiger partial charge on any atom is -0.399 e. The number of hydrogen-bond donors (Lipinski definition) is 1. The zero-order valence-electron chi connectivity index (χ0n) is 8.75. The van der Waals surface area contributed by atoms with Gasteiger partial charge in [0.25, 0.3) is 5.91 Å². The van der Waals surface area contributed by atoms with Gasteiger partial charge in [-0.05, 0) is 17.5 Å². The van der Waals surface area contributed by atoms with E-state index in [9.17, 15) is 4.79 Å². The van der Waals surface area contributed by atoms with Gasteiger partial charge in [0.05, 0.1) is 4.88 Å². The van der Waals surface area contributed by atoms with Crippen LogP contribution in [0, 0.1) is 0 Å². The van der Waals surface area contributed by atoms with Gasteiger partial charge < -0.3 is 5.73 Å². The lowest BCUT2D eigenvalue weighted by Gasteiger charge is -2.15. The lowest BCUT2D eigenvalue weighted by Crippen LogP contribution is -2.26. The molecule has 2 heterocycles. The van der Waals surface area contributed by atoms with E-state index in [2.05, 4.69) is 4.98 Å². The Kier molecular flexibility index (Phi) is 2.87. The molecule has 0 atom stereocenters. The maximum atomic E-state index is 12.0. The van der Waals surface area contributed by atoms with Crippen molar-refractivity contribution < 1.29 is 4.79 Å². The number of hydrogen-bond acceptors (Lipinski definition) is 4. The van der Waals surface area contributed by atoms with Crippen molar-refractivity contribution in [3.63, 3.8) is 0 Å². The fourth-order valence-electron chi connectivity index (χ4n) is 1.29. The molecule has 2 aromatic heterocycles. The topological polar surface area (TPSA) is 59.2 Å². The van der Waals surface area contributed by atoms with Crippen molar-refractivity contribution in [2.75, 3.05) is 17.7 Å². The molecule has 0 saturated carbocycles. The highest BCUT2D eigenvalue weighted by molar-refractivity contribution is 7.12. The van der Waals surface area contributed by atoms with Crippen molar-refractivity contribution >= 4 is 28.7 Å². The molecule has 16 heavy (non-hydrogen) atoms. The number of pyridine rings is 1. The zero-order chi connectivity index (χ0) is 11.5. The Morgan fingerprint density at radius 2 is 2.31 bits per heavy atom. The number of aromatic nitrogens is 1. The first-order valence-corrected chi connectivity index (χ1v) is 5.59. The zero-order valence-corrected chi connectivity index (χ0v) is 9.57. The summed E-state index contributed by atoms with van der Waals surface area (Å²) >= 11 is 1.41. The summed E-state index contributed by atoms with van der Waals surface area (Å²) in [4.78, 5) is 18.2. The van der Waals surface area contributed by atoms with Crippen molar-refractivity contribution in [1.29, 1.82) is 0 Å². The smallest absolute Gasteiger partial charge is 0.269 e. The van der Waals surface area contributed by atoms with Crippen molar-refractivity contribution in [2.45, 2.75) is 0 Å². The van der Waals surface area contributed by atoms with Crippen molar-refractivity contribution in [3.05, 3.63) is 40.7 Å². The molecule has 0 fully saturated rings. The van der Waals surface area contributed by atoms with Crippen molar-refractivity contribution in [1.82, 2.24) is 4.98 Å². The SMILES string of the molecule is CN(C(=O)c1cccs1)c1cc(N)ccn1. The summed E-state index contributed by atoms with van der Waals surface area (Å²) in [5.41, 5.74) is 6.23. The van der Waals surface area contributed by atoms with E-state index in [1.54, 1.807) is 31.4 Å². The Morgan fingerprint density at radius 1 is 1.50 bits per heavy atom. The Hall–Kier alpha value is -1.88. The Morgan fingerprint density at radius 3 is 2.94 bits per heavy atom. The summed E-state index contributed by atoms with van der Waals surface area (Å²) in [6.45, 7) is 0. The Bertz CT molecular complexity index is 496. The molecule has 1 amide bonds. The maximum Gasteiger partial charge on any atom is 0.269 e. The fraction of sp³-hybridized carbons (Fsp3) is 0.0909. The first-order valence-electron chi connectivity index (χ1n) is 4.71. The molecular weight excluding hydrogens is 222 g/mol. The molecule has 0 bridgehead atoms. The van der Waals surface area contributed by atoms with E-state index >= 15 is 0 Å². The molecule has 0 spiro atoms. The molecular formula is C11H11N3OS. The minimum atomic E-state index is -0.0758. The monoisotopic (exact) mass is 233 g/mol. The molecule has 82 valence electrons. The average molecular weight is 233 g/mol. The van der Waals surface area contributed by atoms with Crippen LogP contribution in [-0.2, 0) is 0 Å². The first-order chi connectivity index (χ1) is 7.68. The van der Waals surface area contributed by atoms with Gasteiger partial charge in [-0.2, -0.15) is 0 Å². The molecule has 0 saturated heterocycles. The normalized spacial score (nSPS) is 10.1. The van der Waals surface area contributed by atoms with Crippen LogP contribution in [0.2, 0.25) is 0 Å². The van der Waals surface area contributed by atoms with Crippen molar-refractivity contribution in [2.24, 2.45) is 0 Å². The number of amides is 1. The summed E-state index contributed by atoms with van der Waals surface area (Å²) in [5.74, 6) is 0.478. The number of nitrogens with zero attached hydrogens (tertiary/aromatic N) is 2. The number of nitrogen functional groups attached to an aromatic ring is 1. The lowest BCUT2D eigenvalue weighted by atomic mass is 10.3. The number of carbonyl (C=O) groups excluding carboxylic acids is 1. The molecule has 0 radical (unpaired) electrons. The predicted molar refractivity (Wildman–Crippen MR) is 65.7 cm³/mol. The van der Waals surface area contributed by atoms with Crippen LogP contribution < -0.4 is 10.6 Å². The molecule has 2 N–H and O–H groups in total. The second-order valence-electron chi connectivity index (χ2n) is 3.29. The van der Waals surface area contributed by atoms with E-state index < -0.39 is 0 Å². The highest BCUT2D eigenvalue weighted by Gasteiger charge is 2.15. The molecule has 2 rings (SSSR count). The largest absolute Gasteiger partial charge is 0.399 e. The van der Waals surface area contributed by atoms with Crippen molar-refractivity contribution in [3.8, 4) is 0 Å². The molecule has 0 unspecified atom stereocenters. The van der Waals surface area contributed by atoms with Gasteiger partial charge in [0.15, 0.2) is 0 Å². The standard InChI is InChI=1S/C11H11N3OS/c1-14(10-7-8(12)4-5-13-10)11(15)9-3-2-6-16-9/h2-7H,1H3,(H2,12,13). The fourth-order valence-corrected chi connectivity index (χ4v) is 1.99. The van der Waals surface area contributed by atoms with Crippen LogP contribution in [0.4, 0.5) is 11.5 Å². The molecule has 2 aromatic rings. The summed E-state index contributed by atoms with van der Waals surface area (Å²) in [6, 6.07) is 6.99. The molecule has 4 nitrogen and oxygen atoms in total. The highest BCUT2D eigenvalue weighted by Crippen LogP contribution is 2.17. The van der Waals surface area contributed by atoms with Gasteiger partial charge in [0, 0.05) is 25.0 Å². The summed E-state index contributed by atoms with van der Waals surface area (Å²) in [5, 5.41) is 1.87. The van der Waals surface area contributed by atoms with Gasteiger partial charge >= 0.3 is 0 Å². The second-order valence-corrected chi connectivity index (χ2v) is 4.24. The van der Waals surface area contributed by atoms with Crippen LogP contribution >= 0.6 is 11.3 Å². The van der Waals surface area contributed by atoms with Gasteiger partial charge in [-0.15, -0.1) is 11.3 Å². The summed E-state index contributed by atoms with van der Waals surface area (Å²) in [7, 11) is 1.68. The molecule has 5 heteroatoms. The average Bonchev–Trinajstić information content (AvgIpc) is 2.80. The van der Waals surface area contributed by atoms with Crippen LogP contribution in [0.25, 0.3) is 0 Å². The number of thiophene rings is 1. The van der Waals surface area contributed by atoms with Gasteiger partial charge in [0.2, 0.25) is 0 Å². The number of nitrogens with two attached hydrogens (primary N) is 1. The van der Waals surface area contributed by atoms with Gasteiger partial charge in [-0.25, -0.2) is 4.98 Å². The van der Waals surface area contributed by atoms with Crippen LogP contribution in [0.1, 0.15) is 9.67 Å². The molecule has 0 aliphatic rings. The molecule has 0 aliphatic carbocycles. The lowest BCUT2D eigenvalue weighted by molar-refractivity contribution is 0.0996. The van der Waals surface area contributed by atoms with Gasteiger partial charge in [-0.3, -0.25) is 9.69 Å². The van der Waals surface area contributed by atoms with E-state index in [0.29, 0.717) is 16.4 Å². The van der Waals surface area contributed by atoms with Crippen LogP contribution in [0.15, 0.2) is 35.8 Å². The summed E-state index contributed by atoms with van der Waals surface area (Å²) in [6.07, 6.45) is 1.59. The highest BCUT2D eigenvalue weighted by atomic mass is 32.1. The van der Waals surface area contributed by atoms with Gasteiger partial charge in [-0.1, -0.05) is 6.07 Å². The number of anilines is 2. The summed E-state index contributed by atoms with van der Waals surface area (Å²) < 4.78 is 0. The number of carbonyl (C=O) groups is 1. The third-order valence-electron chi connectivity index (χ3n) is 2.15. The van der Waals surface area contributed by atoms with Crippen LogP contribution in [0.3, 0.4) is 0 Å². The third-order valence-corrected chi connectivity index (χ3v) is 3.01. The third kappa shape index (κ3) is 2.04. The van der Waals surface area contributed by atoms with E-state index in [1.165, 1.54) is 16.2 Å². The molecule has 0 aromatic carbocycles. The molecule has 0 aliphatic heterocycles. The Balaban J connectivity index is 2.26.